The van der Waals surface area contributed by atoms with Crippen LogP contribution in [-0.4, -0.2) is 36.1 Å². The molecular formula is C22H21ClFN6+. The topological polar surface area (TPSA) is 71.0 Å². The molecule has 0 atom stereocenters. The molecule has 0 amide bonds. The number of halogens is 2. The summed E-state index contributed by atoms with van der Waals surface area (Å²) in [6.45, 7) is 3.65. The maximum atomic E-state index is 14.7. The van der Waals surface area contributed by atoms with Gasteiger partial charge in [-0.3, -0.25) is 4.90 Å². The molecule has 5 rings (SSSR count). The Morgan fingerprint density at radius 2 is 2.00 bits per heavy atom. The average molecular weight is 424 g/mol. The Morgan fingerprint density at radius 1 is 1.20 bits per heavy atom. The van der Waals surface area contributed by atoms with Crippen LogP contribution in [0.2, 0.25) is 5.02 Å². The third kappa shape index (κ3) is 3.11. The first-order chi connectivity index (χ1) is 14.5. The molecule has 8 heteroatoms. The number of fused-ring (bicyclic) bond motifs is 2. The average Bonchev–Trinajstić information content (AvgIpc) is 2.73. The van der Waals surface area contributed by atoms with E-state index in [2.05, 4.69) is 20.2 Å². The molecule has 0 radical (unpaired) electrons. The fraction of sp³-hybridized carbons (Fsp3) is 0.227. The maximum Gasteiger partial charge on any atom is 0.234 e. The van der Waals surface area contributed by atoms with Crippen molar-refractivity contribution in [3.63, 3.8) is 0 Å². The number of anilines is 2. The first kappa shape index (κ1) is 19.0. The standard InChI is InChI=1S/C22H21ClFN6/c1-29-12-27-18-11-14(16(23)10-15(18)22(29)30-7-5-26-6-8-30)21-20-13(9-19(25)28-21)3-2-4-17(20)24/h2-4,9-12,26H,5-8H2,1H3,(H2,25,28)/q+1. The summed E-state index contributed by atoms with van der Waals surface area (Å²) >= 11 is 6.73. The van der Waals surface area contributed by atoms with Crippen LogP contribution in [0.25, 0.3) is 32.9 Å². The Bertz CT molecular complexity index is 1290. The van der Waals surface area contributed by atoms with Crippen molar-refractivity contribution >= 4 is 44.9 Å². The van der Waals surface area contributed by atoms with Crippen LogP contribution >= 0.6 is 11.6 Å². The van der Waals surface area contributed by atoms with Crippen LogP contribution in [0, 0.1) is 5.82 Å². The van der Waals surface area contributed by atoms with Gasteiger partial charge in [-0.15, -0.1) is 4.98 Å². The van der Waals surface area contributed by atoms with Gasteiger partial charge in [0, 0.05) is 24.0 Å². The summed E-state index contributed by atoms with van der Waals surface area (Å²) in [7, 11) is 1.98. The van der Waals surface area contributed by atoms with Gasteiger partial charge in [-0.25, -0.2) is 13.9 Å². The number of nitrogens with one attached hydrogen (secondary N) is 1. The fourth-order valence-corrected chi connectivity index (χ4v) is 4.43. The van der Waals surface area contributed by atoms with E-state index in [1.54, 1.807) is 18.5 Å². The monoisotopic (exact) mass is 423 g/mol. The Labute approximate surface area is 178 Å². The van der Waals surface area contributed by atoms with Gasteiger partial charge in [0.1, 0.15) is 11.6 Å². The van der Waals surface area contributed by atoms with Gasteiger partial charge in [0.15, 0.2) is 5.52 Å². The van der Waals surface area contributed by atoms with Gasteiger partial charge in [0.05, 0.1) is 36.2 Å². The number of hydrogen-bond acceptors (Lipinski definition) is 5. The largest absolute Gasteiger partial charge is 0.384 e. The number of nitrogens with zero attached hydrogens (tertiary/aromatic N) is 4. The van der Waals surface area contributed by atoms with Crippen molar-refractivity contribution in [2.75, 3.05) is 36.8 Å². The van der Waals surface area contributed by atoms with Crippen LogP contribution in [0.4, 0.5) is 16.0 Å². The first-order valence-corrected chi connectivity index (χ1v) is 10.2. The van der Waals surface area contributed by atoms with Crippen molar-refractivity contribution in [1.82, 2.24) is 15.3 Å². The number of nitrogens with two attached hydrogens (primary N) is 1. The second-order valence-electron chi connectivity index (χ2n) is 7.50. The van der Waals surface area contributed by atoms with Crippen molar-refractivity contribution in [3.05, 3.63) is 53.6 Å². The van der Waals surface area contributed by atoms with Crippen LogP contribution < -0.4 is 20.5 Å². The smallest absolute Gasteiger partial charge is 0.234 e. The molecule has 1 fully saturated rings. The van der Waals surface area contributed by atoms with Gasteiger partial charge in [0.25, 0.3) is 0 Å². The molecule has 1 saturated heterocycles. The minimum atomic E-state index is -0.361. The number of benzene rings is 2. The highest BCUT2D eigenvalue weighted by atomic mass is 35.5. The highest BCUT2D eigenvalue weighted by molar-refractivity contribution is 6.34. The number of pyridine rings is 1. The molecule has 30 heavy (non-hydrogen) atoms. The molecule has 1 aliphatic rings. The highest BCUT2D eigenvalue weighted by Gasteiger charge is 2.24. The molecule has 0 aliphatic carbocycles. The lowest BCUT2D eigenvalue weighted by Crippen LogP contribution is -2.49. The zero-order valence-corrected chi connectivity index (χ0v) is 17.2. The van der Waals surface area contributed by atoms with Crippen molar-refractivity contribution in [3.8, 4) is 11.3 Å². The van der Waals surface area contributed by atoms with Crippen molar-refractivity contribution < 1.29 is 8.96 Å². The summed E-state index contributed by atoms with van der Waals surface area (Å²) in [6.07, 6.45) is 1.79. The van der Waals surface area contributed by atoms with E-state index in [9.17, 15) is 4.39 Å². The lowest BCUT2D eigenvalue weighted by Gasteiger charge is -2.26. The number of nitrogen functional groups attached to an aromatic ring is 1. The molecule has 3 heterocycles. The van der Waals surface area contributed by atoms with Crippen LogP contribution in [0.15, 0.2) is 42.7 Å². The molecule has 2 aromatic heterocycles. The minimum absolute atomic E-state index is 0.313. The molecule has 152 valence electrons. The van der Waals surface area contributed by atoms with Crippen LogP contribution in [-0.2, 0) is 7.05 Å². The second kappa shape index (κ2) is 7.34. The van der Waals surface area contributed by atoms with Crippen LogP contribution in [0.5, 0.6) is 0 Å². The normalized spacial score (nSPS) is 14.6. The van der Waals surface area contributed by atoms with E-state index in [-0.39, 0.29) is 5.82 Å². The molecule has 3 N–H and O–H groups in total. The zero-order valence-electron chi connectivity index (χ0n) is 16.5. The van der Waals surface area contributed by atoms with Gasteiger partial charge in [0.2, 0.25) is 12.1 Å². The second-order valence-corrected chi connectivity index (χ2v) is 7.91. The summed E-state index contributed by atoms with van der Waals surface area (Å²) in [4.78, 5) is 11.4. The molecular weight excluding hydrogens is 403 g/mol. The van der Waals surface area contributed by atoms with Crippen LogP contribution in [0.3, 0.4) is 0 Å². The molecule has 0 spiro atoms. The molecule has 0 saturated carbocycles. The van der Waals surface area contributed by atoms with E-state index in [1.807, 2.05) is 29.8 Å². The van der Waals surface area contributed by atoms with Gasteiger partial charge < -0.3 is 11.1 Å². The Hall–Kier alpha value is -3.03. The predicted octanol–water partition coefficient (Wildman–Crippen LogP) is 3.06. The van der Waals surface area contributed by atoms with Gasteiger partial charge >= 0.3 is 0 Å². The van der Waals surface area contributed by atoms with Crippen molar-refractivity contribution in [2.45, 2.75) is 0 Å². The van der Waals surface area contributed by atoms with E-state index in [0.717, 1.165) is 42.9 Å². The van der Waals surface area contributed by atoms with Gasteiger partial charge in [-0.05, 0) is 29.7 Å². The summed E-state index contributed by atoms with van der Waals surface area (Å²) in [5.41, 5.74) is 7.82. The molecule has 1 aliphatic heterocycles. The Morgan fingerprint density at radius 3 is 2.80 bits per heavy atom. The molecule has 6 nitrogen and oxygen atoms in total. The number of aryl methyl sites for hydroxylation is 1. The minimum Gasteiger partial charge on any atom is -0.384 e. The summed E-state index contributed by atoms with van der Waals surface area (Å²) < 4.78 is 16.7. The van der Waals surface area contributed by atoms with Crippen molar-refractivity contribution in [1.29, 1.82) is 0 Å². The predicted molar refractivity (Wildman–Crippen MR) is 118 cm³/mol. The summed E-state index contributed by atoms with van der Waals surface area (Å²) in [5, 5.41) is 5.89. The quantitative estimate of drug-likeness (QED) is 0.485. The van der Waals surface area contributed by atoms with E-state index < -0.39 is 0 Å². The first-order valence-electron chi connectivity index (χ1n) is 9.81. The zero-order chi connectivity index (χ0) is 20.8. The fourth-order valence-electron chi connectivity index (χ4n) is 4.18. The number of hydrogen-bond donors (Lipinski definition) is 2. The lowest BCUT2D eigenvalue weighted by atomic mass is 10.0. The van der Waals surface area contributed by atoms with Gasteiger partial charge in [-0.2, -0.15) is 0 Å². The van der Waals surface area contributed by atoms with E-state index >= 15 is 0 Å². The summed E-state index contributed by atoms with van der Waals surface area (Å²) in [6, 6.07) is 10.3. The van der Waals surface area contributed by atoms with E-state index in [4.69, 9.17) is 17.3 Å². The Balaban J connectivity index is 1.76. The van der Waals surface area contributed by atoms with Crippen molar-refractivity contribution in [2.24, 2.45) is 7.05 Å². The van der Waals surface area contributed by atoms with Crippen LogP contribution in [0.1, 0.15) is 0 Å². The Kier molecular flexibility index (Phi) is 4.64. The number of rotatable bonds is 2. The number of piperazine rings is 1. The highest BCUT2D eigenvalue weighted by Crippen LogP contribution is 2.37. The maximum absolute atomic E-state index is 14.7. The van der Waals surface area contributed by atoms with E-state index in [0.29, 0.717) is 32.9 Å². The third-order valence-corrected chi connectivity index (χ3v) is 5.84. The molecule has 4 aromatic rings. The summed E-state index contributed by atoms with van der Waals surface area (Å²) in [5.74, 6) is 1.01. The number of aromatic nitrogens is 3. The van der Waals surface area contributed by atoms with E-state index in [1.165, 1.54) is 6.07 Å². The third-order valence-electron chi connectivity index (χ3n) is 5.53. The SMILES string of the molecule is C[n+]1cnc2cc(-c3nc(N)cc4cccc(F)c34)c(Cl)cc2c1N1CCNCC1. The molecule has 0 bridgehead atoms. The van der Waals surface area contributed by atoms with Gasteiger partial charge in [-0.1, -0.05) is 23.7 Å². The molecule has 0 unspecified atom stereocenters. The lowest BCUT2D eigenvalue weighted by molar-refractivity contribution is -0.660. The molecule has 2 aromatic carbocycles.